The van der Waals surface area contributed by atoms with Crippen molar-refractivity contribution in [2.45, 2.75) is 0 Å². The first-order chi connectivity index (χ1) is 13.5. The Kier molecular flexibility index (Phi) is 6.56. The Morgan fingerprint density at radius 1 is 0.964 bits per heavy atom. The summed E-state index contributed by atoms with van der Waals surface area (Å²) in [4.78, 5) is 14.6. The van der Waals surface area contributed by atoms with E-state index in [4.69, 9.17) is 11.6 Å². The van der Waals surface area contributed by atoms with E-state index in [0.29, 0.717) is 10.6 Å². The van der Waals surface area contributed by atoms with Crippen molar-refractivity contribution in [1.82, 2.24) is 0 Å². The third-order valence-electron chi connectivity index (χ3n) is 4.21. The van der Waals surface area contributed by atoms with Gasteiger partial charge in [-0.2, -0.15) is 0 Å². The molecule has 0 aliphatic rings. The van der Waals surface area contributed by atoms with Crippen molar-refractivity contribution in [2.75, 3.05) is 11.9 Å². The van der Waals surface area contributed by atoms with E-state index >= 15 is 0 Å². The van der Waals surface area contributed by atoms with Crippen LogP contribution in [0.5, 0.6) is 0 Å². The molecular weight excluding hydrogens is 481 g/mol. The summed E-state index contributed by atoms with van der Waals surface area (Å²) in [6.45, 7) is 4.05. The summed E-state index contributed by atoms with van der Waals surface area (Å²) >= 11 is 8.14. The topological polar surface area (TPSA) is 20.3 Å². The van der Waals surface area contributed by atoms with Gasteiger partial charge in [-0.05, 0) is 65.1 Å². The molecule has 1 amide bonds. The molecule has 3 rings (SSSR count). The van der Waals surface area contributed by atoms with Crippen LogP contribution >= 0.6 is 34.2 Å². The lowest BCUT2D eigenvalue weighted by molar-refractivity contribution is -0.113. The predicted molar refractivity (Wildman–Crippen MR) is 125 cm³/mol. The van der Waals surface area contributed by atoms with Gasteiger partial charge in [-0.15, -0.1) is 0 Å². The van der Waals surface area contributed by atoms with Gasteiger partial charge in [0.15, 0.2) is 0 Å². The molecule has 0 saturated carbocycles. The highest BCUT2D eigenvalue weighted by Crippen LogP contribution is 2.25. The molecule has 28 heavy (non-hydrogen) atoms. The molecule has 2 nitrogen and oxygen atoms in total. The number of carbonyl (C=O) groups is 1. The SMILES string of the molecule is C=C(C(=O)N(C)c1ccccc1I)c1ccccc1C#Cc1ccc(Cl)cc1. The lowest BCUT2D eigenvalue weighted by Gasteiger charge is -2.20. The summed E-state index contributed by atoms with van der Waals surface area (Å²) in [6, 6.07) is 22.6. The molecule has 0 spiro atoms. The van der Waals surface area contributed by atoms with E-state index in [1.165, 1.54) is 0 Å². The molecule has 0 aromatic heterocycles. The van der Waals surface area contributed by atoms with Crippen molar-refractivity contribution in [3.63, 3.8) is 0 Å². The number of halogens is 2. The monoisotopic (exact) mass is 497 g/mol. The second kappa shape index (κ2) is 9.09. The average Bonchev–Trinajstić information content (AvgIpc) is 2.72. The number of hydrogen-bond acceptors (Lipinski definition) is 1. The van der Waals surface area contributed by atoms with Gasteiger partial charge in [0.1, 0.15) is 0 Å². The fraction of sp³-hybridized carbons (Fsp3) is 0.0417. The van der Waals surface area contributed by atoms with E-state index < -0.39 is 0 Å². The molecule has 0 N–H and O–H groups in total. The van der Waals surface area contributed by atoms with Crippen LogP contribution < -0.4 is 4.90 Å². The second-order valence-electron chi connectivity index (χ2n) is 6.10. The van der Waals surface area contributed by atoms with Gasteiger partial charge in [-0.1, -0.05) is 60.4 Å². The third kappa shape index (κ3) is 4.64. The fourth-order valence-corrected chi connectivity index (χ4v) is 3.55. The average molecular weight is 498 g/mol. The summed E-state index contributed by atoms with van der Waals surface area (Å²) in [7, 11) is 1.76. The first-order valence-electron chi connectivity index (χ1n) is 8.56. The highest BCUT2D eigenvalue weighted by atomic mass is 127. The van der Waals surface area contributed by atoms with Crippen LogP contribution in [-0.4, -0.2) is 13.0 Å². The molecule has 3 aromatic rings. The minimum atomic E-state index is -0.162. The van der Waals surface area contributed by atoms with Crippen LogP contribution in [0.4, 0.5) is 5.69 Å². The molecule has 0 aliphatic carbocycles. The maximum absolute atomic E-state index is 13.0. The third-order valence-corrected chi connectivity index (χ3v) is 5.38. The van der Waals surface area contributed by atoms with Crippen molar-refractivity contribution in [3.8, 4) is 11.8 Å². The summed E-state index contributed by atoms with van der Waals surface area (Å²) in [6.07, 6.45) is 0. The Morgan fingerprint density at radius 2 is 1.61 bits per heavy atom. The number of hydrogen-bond donors (Lipinski definition) is 0. The van der Waals surface area contributed by atoms with E-state index in [1.807, 2.05) is 60.7 Å². The van der Waals surface area contributed by atoms with E-state index in [-0.39, 0.29) is 5.91 Å². The highest BCUT2D eigenvalue weighted by Gasteiger charge is 2.19. The minimum absolute atomic E-state index is 0.162. The Morgan fingerprint density at radius 3 is 2.32 bits per heavy atom. The number of nitrogens with zero attached hydrogens (tertiary/aromatic N) is 1. The minimum Gasteiger partial charge on any atom is -0.310 e. The Labute approximate surface area is 184 Å². The quantitative estimate of drug-likeness (QED) is 0.246. The molecule has 3 aromatic carbocycles. The first-order valence-corrected chi connectivity index (χ1v) is 10.0. The molecule has 138 valence electrons. The molecule has 4 heteroatoms. The molecule has 0 fully saturated rings. The zero-order chi connectivity index (χ0) is 20.1. The molecule has 0 unspecified atom stereocenters. The maximum Gasteiger partial charge on any atom is 0.258 e. The van der Waals surface area contributed by atoms with Crippen LogP contribution in [0.15, 0.2) is 79.4 Å². The Bertz CT molecular complexity index is 1090. The number of amides is 1. The molecule has 0 atom stereocenters. The molecule has 0 bridgehead atoms. The summed E-state index contributed by atoms with van der Waals surface area (Å²) in [5.41, 5.74) is 3.59. The van der Waals surface area contributed by atoms with Gasteiger partial charge in [0, 0.05) is 37.9 Å². The van der Waals surface area contributed by atoms with E-state index in [0.717, 1.165) is 25.9 Å². The van der Waals surface area contributed by atoms with Gasteiger partial charge in [0.25, 0.3) is 5.91 Å². The zero-order valence-electron chi connectivity index (χ0n) is 15.2. The van der Waals surface area contributed by atoms with Crippen LogP contribution in [-0.2, 0) is 4.79 Å². The highest BCUT2D eigenvalue weighted by molar-refractivity contribution is 14.1. The van der Waals surface area contributed by atoms with Crippen LogP contribution in [0.2, 0.25) is 5.02 Å². The lowest BCUT2D eigenvalue weighted by Crippen LogP contribution is -2.27. The van der Waals surface area contributed by atoms with E-state index in [1.54, 1.807) is 24.1 Å². The number of para-hydroxylation sites is 1. The van der Waals surface area contributed by atoms with E-state index in [2.05, 4.69) is 41.0 Å². The number of anilines is 1. The van der Waals surface area contributed by atoms with Crippen LogP contribution in [0, 0.1) is 15.4 Å². The Balaban J connectivity index is 1.90. The summed E-state index contributed by atoms with van der Waals surface area (Å²) < 4.78 is 1.000. The molecule has 0 saturated heterocycles. The van der Waals surface area contributed by atoms with Crippen LogP contribution in [0.3, 0.4) is 0 Å². The molecule has 0 heterocycles. The standard InChI is InChI=1S/C24H17ClINO/c1-17(24(28)27(2)23-10-6-5-9-22(23)26)21-8-4-3-7-19(21)14-11-18-12-15-20(25)16-13-18/h3-10,12-13,15-16H,1H2,2H3. The summed E-state index contributed by atoms with van der Waals surface area (Å²) in [5, 5.41) is 0.670. The smallest absolute Gasteiger partial charge is 0.258 e. The number of rotatable bonds is 3. The Hall–Kier alpha value is -2.55. The molecular formula is C24H17ClINO. The van der Waals surface area contributed by atoms with Crippen molar-refractivity contribution < 1.29 is 4.79 Å². The van der Waals surface area contributed by atoms with Crippen molar-refractivity contribution in [1.29, 1.82) is 0 Å². The normalized spacial score (nSPS) is 9.96. The van der Waals surface area contributed by atoms with Gasteiger partial charge < -0.3 is 4.90 Å². The largest absolute Gasteiger partial charge is 0.310 e. The number of benzene rings is 3. The van der Waals surface area contributed by atoms with Crippen molar-refractivity contribution >= 4 is 51.4 Å². The van der Waals surface area contributed by atoms with Crippen molar-refractivity contribution in [3.05, 3.63) is 105 Å². The van der Waals surface area contributed by atoms with Crippen molar-refractivity contribution in [2.24, 2.45) is 0 Å². The van der Waals surface area contributed by atoms with Gasteiger partial charge in [-0.3, -0.25) is 4.79 Å². The number of carbonyl (C=O) groups excluding carboxylic acids is 1. The molecule has 0 aliphatic heterocycles. The maximum atomic E-state index is 13.0. The molecule has 0 radical (unpaired) electrons. The van der Waals surface area contributed by atoms with Gasteiger partial charge in [0.05, 0.1) is 5.69 Å². The summed E-state index contributed by atoms with van der Waals surface area (Å²) in [5.74, 6) is 6.10. The predicted octanol–water partition coefficient (Wildman–Crippen LogP) is 6.02. The van der Waals surface area contributed by atoms with Crippen LogP contribution in [0.1, 0.15) is 16.7 Å². The fourth-order valence-electron chi connectivity index (χ4n) is 2.68. The van der Waals surface area contributed by atoms with Crippen LogP contribution in [0.25, 0.3) is 5.57 Å². The zero-order valence-corrected chi connectivity index (χ0v) is 18.2. The second-order valence-corrected chi connectivity index (χ2v) is 7.70. The first kappa shape index (κ1) is 20.2. The van der Waals surface area contributed by atoms with Gasteiger partial charge in [0.2, 0.25) is 0 Å². The lowest BCUT2D eigenvalue weighted by atomic mass is 9.99. The van der Waals surface area contributed by atoms with Gasteiger partial charge in [-0.25, -0.2) is 0 Å². The van der Waals surface area contributed by atoms with E-state index in [9.17, 15) is 4.79 Å². The van der Waals surface area contributed by atoms with Gasteiger partial charge >= 0.3 is 0 Å². The number of likely N-dealkylation sites (N-methyl/N-ethyl adjacent to an activating group) is 1.